The van der Waals surface area contributed by atoms with Gasteiger partial charge in [-0.3, -0.25) is 0 Å². The van der Waals surface area contributed by atoms with Crippen molar-refractivity contribution in [2.24, 2.45) is 0 Å². The van der Waals surface area contributed by atoms with Gasteiger partial charge in [0.1, 0.15) is 0 Å². The number of sulfonamides is 1. The molecule has 2 aromatic rings. The Bertz CT molecular complexity index is 667. The standard InChI is InChI=1S/C12H11BrClNO2S2/c1-15(8-10-4-7-12(14)18-10)19(16,17)11-5-2-9(13)3-6-11/h2-7H,8H2,1H3. The summed E-state index contributed by atoms with van der Waals surface area (Å²) in [7, 11) is -1.91. The van der Waals surface area contributed by atoms with Gasteiger partial charge in [-0.15, -0.1) is 11.3 Å². The maximum Gasteiger partial charge on any atom is 0.243 e. The molecule has 102 valence electrons. The molecular weight excluding hydrogens is 370 g/mol. The van der Waals surface area contributed by atoms with Crippen molar-refractivity contribution in [1.82, 2.24) is 4.31 Å². The number of rotatable bonds is 4. The van der Waals surface area contributed by atoms with Crippen LogP contribution in [0.1, 0.15) is 4.88 Å². The van der Waals surface area contributed by atoms with Gasteiger partial charge in [-0.2, -0.15) is 4.31 Å². The normalized spacial score (nSPS) is 12.0. The number of hydrogen-bond donors (Lipinski definition) is 0. The molecule has 0 N–H and O–H groups in total. The molecule has 0 aliphatic heterocycles. The van der Waals surface area contributed by atoms with Gasteiger partial charge >= 0.3 is 0 Å². The molecule has 2 rings (SSSR count). The van der Waals surface area contributed by atoms with Gasteiger partial charge in [0.15, 0.2) is 0 Å². The molecule has 0 radical (unpaired) electrons. The predicted molar refractivity (Wildman–Crippen MR) is 82.1 cm³/mol. The van der Waals surface area contributed by atoms with E-state index in [1.807, 2.05) is 6.07 Å². The second-order valence-corrected chi connectivity index (χ2v) is 8.68. The summed E-state index contributed by atoms with van der Waals surface area (Å²) in [6.07, 6.45) is 0. The SMILES string of the molecule is CN(Cc1ccc(Cl)s1)S(=O)(=O)c1ccc(Br)cc1. The van der Waals surface area contributed by atoms with Gasteiger partial charge in [0.05, 0.1) is 9.23 Å². The fraction of sp³-hybridized carbons (Fsp3) is 0.167. The van der Waals surface area contributed by atoms with Crippen LogP contribution in [-0.4, -0.2) is 19.8 Å². The van der Waals surface area contributed by atoms with Crippen LogP contribution in [0.3, 0.4) is 0 Å². The third-order valence-corrected chi connectivity index (χ3v) is 6.09. The van der Waals surface area contributed by atoms with E-state index in [4.69, 9.17) is 11.6 Å². The van der Waals surface area contributed by atoms with Crippen molar-refractivity contribution in [3.63, 3.8) is 0 Å². The summed E-state index contributed by atoms with van der Waals surface area (Å²) in [5.74, 6) is 0. The highest BCUT2D eigenvalue weighted by Gasteiger charge is 2.21. The second kappa shape index (κ2) is 5.93. The van der Waals surface area contributed by atoms with Gasteiger partial charge in [0.25, 0.3) is 0 Å². The number of thiophene rings is 1. The van der Waals surface area contributed by atoms with Crippen LogP contribution < -0.4 is 0 Å². The van der Waals surface area contributed by atoms with Crippen LogP contribution in [0.5, 0.6) is 0 Å². The zero-order valence-electron chi connectivity index (χ0n) is 10.0. The summed E-state index contributed by atoms with van der Waals surface area (Å²) < 4.78 is 27.5. The first-order valence-corrected chi connectivity index (χ1v) is 8.78. The predicted octanol–water partition coefficient (Wildman–Crippen LogP) is 3.98. The molecule has 0 saturated heterocycles. The van der Waals surface area contributed by atoms with Gasteiger partial charge in [-0.25, -0.2) is 8.42 Å². The molecule has 0 bridgehead atoms. The number of nitrogens with zero attached hydrogens (tertiary/aromatic N) is 1. The van der Waals surface area contributed by atoms with Crippen LogP contribution in [0, 0.1) is 0 Å². The third kappa shape index (κ3) is 3.58. The summed E-state index contributed by atoms with van der Waals surface area (Å²) in [4.78, 5) is 1.19. The van der Waals surface area contributed by atoms with Crippen molar-refractivity contribution < 1.29 is 8.42 Å². The molecule has 19 heavy (non-hydrogen) atoms. The zero-order chi connectivity index (χ0) is 14.0. The van der Waals surface area contributed by atoms with Crippen molar-refractivity contribution in [3.8, 4) is 0 Å². The summed E-state index contributed by atoms with van der Waals surface area (Å²) >= 11 is 10.5. The quantitative estimate of drug-likeness (QED) is 0.804. The highest BCUT2D eigenvalue weighted by Crippen LogP contribution is 2.25. The lowest BCUT2D eigenvalue weighted by Crippen LogP contribution is -2.26. The van der Waals surface area contributed by atoms with Crippen molar-refractivity contribution >= 4 is 48.9 Å². The Hall–Kier alpha value is -0.400. The van der Waals surface area contributed by atoms with Crippen molar-refractivity contribution in [2.45, 2.75) is 11.4 Å². The van der Waals surface area contributed by atoms with Gasteiger partial charge in [-0.05, 0) is 36.4 Å². The molecule has 1 aromatic heterocycles. The molecule has 3 nitrogen and oxygen atoms in total. The van der Waals surface area contributed by atoms with E-state index >= 15 is 0 Å². The minimum absolute atomic E-state index is 0.279. The van der Waals surface area contributed by atoms with E-state index in [0.717, 1.165) is 9.35 Å². The molecule has 0 fully saturated rings. The Morgan fingerprint density at radius 1 is 1.21 bits per heavy atom. The number of hydrogen-bond acceptors (Lipinski definition) is 3. The van der Waals surface area contributed by atoms with E-state index in [1.54, 1.807) is 37.4 Å². The summed E-state index contributed by atoms with van der Waals surface area (Å²) in [5, 5.41) is 0. The van der Waals surface area contributed by atoms with E-state index < -0.39 is 10.0 Å². The highest BCUT2D eigenvalue weighted by atomic mass is 79.9. The van der Waals surface area contributed by atoms with Gasteiger partial charge in [0.2, 0.25) is 10.0 Å². The van der Waals surface area contributed by atoms with Gasteiger partial charge in [0, 0.05) is 22.9 Å². The Labute approximate surface area is 130 Å². The van der Waals surface area contributed by atoms with Crippen LogP contribution in [0.2, 0.25) is 4.34 Å². The first-order chi connectivity index (χ1) is 8.89. The maximum absolute atomic E-state index is 12.3. The van der Waals surface area contributed by atoms with Crippen molar-refractivity contribution in [3.05, 3.63) is 50.1 Å². The topological polar surface area (TPSA) is 37.4 Å². The Balaban J connectivity index is 2.21. The first-order valence-electron chi connectivity index (χ1n) is 5.36. The largest absolute Gasteiger partial charge is 0.243 e. The molecule has 0 saturated carbocycles. The van der Waals surface area contributed by atoms with Gasteiger partial charge in [-0.1, -0.05) is 27.5 Å². The summed E-state index contributed by atoms with van der Waals surface area (Å²) in [5.41, 5.74) is 0. The molecule has 0 aliphatic rings. The molecule has 0 atom stereocenters. The Morgan fingerprint density at radius 3 is 2.37 bits per heavy atom. The van der Waals surface area contributed by atoms with Crippen LogP contribution in [0.25, 0.3) is 0 Å². The zero-order valence-corrected chi connectivity index (χ0v) is 14.0. The molecule has 0 unspecified atom stereocenters. The lowest BCUT2D eigenvalue weighted by atomic mass is 10.4. The molecule has 7 heteroatoms. The average Bonchev–Trinajstić information content (AvgIpc) is 2.75. The second-order valence-electron chi connectivity index (χ2n) is 3.92. The lowest BCUT2D eigenvalue weighted by Gasteiger charge is -2.16. The number of halogens is 2. The van der Waals surface area contributed by atoms with E-state index in [1.165, 1.54) is 15.6 Å². The van der Waals surface area contributed by atoms with Crippen LogP contribution >= 0.6 is 38.9 Å². The highest BCUT2D eigenvalue weighted by molar-refractivity contribution is 9.10. The lowest BCUT2D eigenvalue weighted by molar-refractivity contribution is 0.469. The summed E-state index contributed by atoms with van der Waals surface area (Å²) in [6, 6.07) is 10.2. The number of benzene rings is 1. The monoisotopic (exact) mass is 379 g/mol. The van der Waals surface area contributed by atoms with Crippen LogP contribution in [-0.2, 0) is 16.6 Å². The Kier molecular flexibility index (Phi) is 4.68. The fourth-order valence-electron chi connectivity index (χ4n) is 1.53. The molecule has 0 spiro atoms. The third-order valence-electron chi connectivity index (χ3n) is 2.53. The van der Waals surface area contributed by atoms with E-state index in [0.29, 0.717) is 10.9 Å². The van der Waals surface area contributed by atoms with Crippen LogP contribution in [0.4, 0.5) is 0 Å². The molecular formula is C12H11BrClNO2S2. The molecule has 0 aliphatic carbocycles. The van der Waals surface area contributed by atoms with Crippen molar-refractivity contribution in [2.75, 3.05) is 7.05 Å². The van der Waals surface area contributed by atoms with Gasteiger partial charge < -0.3 is 0 Å². The van der Waals surface area contributed by atoms with E-state index in [-0.39, 0.29) is 4.90 Å². The fourth-order valence-corrected chi connectivity index (χ4v) is 4.16. The first kappa shape index (κ1) is 15.0. The van der Waals surface area contributed by atoms with Crippen molar-refractivity contribution in [1.29, 1.82) is 0 Å². The minimum Gasteiger partial charge on any atom is -0.207 e. The minimum atomic E-state index is -3.47. The molecule has 1 aromatic carbocycles. The van der Waals surface area contributed by atoms with E-state index in [9.17, 15) is 8.42 Å². The molecule has 1 heterocycles. The van der Waals surface area contributed by atoms with E-state index in [2.05, 4.69) is 15.9 Å². The Morgan fingerprint density at radius 2 is 1.84 bits per heavy atom. The average molecular weight is 381 g/mol. The van der Waals surface area contributed by atoms with Crippen LogP contribution in [0.15, 0.2) is 45.8 Å². The molecule has 0 amide bonds. The smallest absolute Gasteiger partial charge is 0.207 e. The maximum atomic E-state index is 12.3. The summed E-state index contributed by atoms with van der Waals surface area (Å²) in [6.45, 7) is 0.315.